The Hall–Kier alpha value is -2.68. The lowest BCUT2D eigenvalue weighted by molar-refractivity contribution is 0.968. The summed E-state index contributed by atoms with van der Waals surface area (Å²) >= 11 is 0. The molecule has 0 bridgehead atoms. The standard InChI is InChI=1S/C18H17N3/c1-12-17-5-3-15(19)9-14(17)11-21(12)16-4-6-18-13(10-16)7-8-20(18)2/h3-10H,1,11,19H2,2H3. The quantitative estimate of drug-likeness (QED) is 0.686. The number of nitrogen functional groups attached to an aromatic ring is 1. The van der Waals surface area contributed by atoms with Crippen LogP contribution < -0.4 is 10.6 Å². The highest BCUT2D eigenvalue weighted by atomic mass is 15.2. The second kappa shape index (κ2) is 4.16. The van der Waals surface area contributed by atoms with Gasteiger partial charge in [0, 0.05) is 53.3 Å². The molecule has 3 nitrogen and oxygen atoms in total. The number of nitrogens with zero attached hydrogens (tertiary/aromatic N) is 2. The fraction of sp³-hybridized carbons (Fsp3) is 0.111. The van der Waals surface area contributed by atoms with Crippen LogP contribution in [0.4, 0.5) is 11.4 Å². The van der Waals surface area contributed by atoms with Crippen molar-refractivity contribution in [3.05, 3.63) is 66.4 Å². The second-order valence-electron chi connectivity index (χ2n) is 5.62. The molecule has 0 aliphatic carbocycles. The highest BCUT2D eigenvalue weighted by molar-refractivity contribution is 5.90. The molecular formula is C18H17N3. The van der Waals surface area contributed by atoms with Gasteiger partial charge in [-0.15, -0.1) is 0 Å². The van der Waals surface area contributed by atoms with Crippen molar-refractivity contribution in [2.24, 2.45) is 7.05 Å². The van der Waals surface area contributed by atoms with Crippen LogP contribution in [0.2, 0.25) is 0 Å². The fourth-order valence-electron chi connectivity index (χ4n) is 3.12. The smallest absolute Gasteiger partial charge is 0.0489 e. The summed E-state index contributed by atoms with van der Waals surface area (Å²) in [5.74, 6) is 0. The Morgan fingerprint density at radius 1 is 1.10 bits per heavy atom. The lowest BCUT2D eigenvalue weighted by Crippen LogP contribution is -2.12. The molecule has 1 aliphatic rings. The largest absolute Gasteiger partial charge is 0.399 e. The van der Waals surface area contributed by atoms with Crippen LogP contribution in [0, 0.1) is 0 Å². The molecule has 4 rings (SSSR count). The van der Waals surface area contributed by atoms with Crippen LogP contribution in [0.5, 0.6) is 0 Å². The van der Waals surface area contributed by atoms with Gasteiger partial charge in [0.1, 0.15) is 0 Å². The van der Waals surface area contributed by atoms with Crippen molar-refractivity contribution in [3.63, 3.8) is 0 Å². The molecule has 1 aromatic heterocycles. The first-order valence-corrected chi connectivity index (χ1v) is 7.04. The van der Waals surface area contributed by atoms with Crippen LogP contribution in [0.25, 0.3) is 16.6 Å². The maximum Gasteiger partial charge on any atom is 0.0489 e. The maximum absolute atomic E-state index is 5.89. The van der Waals surface area contributed by atoms with E-state index in [4.69, 9.17) is 5.73 Å². The van der Waals surface area contributed by atoms with Crippen LogP contribution in [0.3, 0.4) is 0 Å². The van der Waals surface area contributed by atoms with Gasteiger partial charge in [0.2, 0.25) is 0 Å². The van der Waals surface area contributed by atoms with E-state index in [9.17, 15) is 0 Å². The third-order valence-electron chi connectivity index (χ3n) is 4.27. The zero-order valence-corrected chi connectivity index (χ0v) is 12.0. The van der Waals surface area contributed by atoms with Gasteiger partial charge in [0.25, 0.3) is 0 Å². The molecule has 1 aliphatic heterocycles. The molecule has 21 heavy (non-hydrogen) atoms. The third kappa shape index (κ3) is 1.74. The van der Waals surface area contributed by atoms with E-state index in [1.807, 2.05) is 12.1 Å². The molecule has 0 saturated heterocycles. The maximum atomic E-state index is 5.89. The number of anilines is 2. The van der Waals surface area contributed by atoms with Crippen LogP contribution in [0.1, 0.15) is 11.1 Å². The molecular weight excluding hydrogens is 258 g/mol. The van der Waals surface area contributed by atoms with E-state index in [0.29, 0.717) is 0 Å². The molecule has 0 radical (unpaired) electrons. The fourth-order valence-corrected chi connectivity index (χ4v) is 3.12. The minimum Gasteiger partial charge on any atom is -0.399 e. The van der Waals surface area contributed by atoms with Crippen molar-refractivity contribution in [1.29, 1.82) is 0 Å². The van der Waals surface area contributed by atoms with Gasteiger partial charge in [-0.2, -0.15) is 0 Å². The number of nitrogens with two attached hydrogens (primary N) is 1. The van der Waals surface area contributed by atoms with Crippen molar-refractivity contribution < 1.29 is 0 Å². The van der Waals surface area contributed by atoms with Crippen molar-refractivity contribution in [1.82, 2.24) is 4.57 Å². The second-order valence-corrected chi connectivity index (χ2v) is 5.62. The summed E-state index contributed by atoms with van der Waals surface area (Å²) < 4.78 is 2.13. The number of rotatable bonds is 1. The molecule has 2 N–H and O–H groups in total. The summed E-state index contributed by atoms with van der Waals surface area (Å²) in [5.41, 5.74) is 12.6. The summed E-state index contributed by atoms with van der Waals surface area (Å²) in [6.07, 6.45) is 2.09. The molecule has 2 aromatic carbocycles. The molecule has 0 saturated carbocycles. The van der Waals surface area contributed by atoms with Crippen molar-refractivity contribution in [3.8, 4) is 0 Å². The predicted molar refractivity (Wildman–Crippen MR) is 89.0 cm³/mol. The van der Waals surface area contributed by atoms with Gasteiger partial charge in [-0.3, -0.25) is 0 Å². The highest BCUT2D eigenvalue weighted by Crippen LogP contribution is 2.37. The first-order valence-electron chi connectivity index (χ1n) is 7.04. The summed E-state index contributed by atoms with van der Waals surface area (Å²) in [4.78, 5) is 2.25. The van der Waals surface area contributed by atoms with E-state index in [2.05, 4.69) is 59.6 Å². The molecule has 3 aromatic rings. The van der Waals surface area contributed by atoms with Crippen LogP contribution >= 0.6 is 0 Å². The van der Waals surface area contributed by atoms with Crippen LogP contribution in [0.15, 0.2) is 55.2 Å². The summed E-state index contributed by atoms with van der Waals surface area (Å²) in [5, 5.41) is 1.25. The van der Waals surface area contributed by atoms with Crippen molar-refractivity contribution in [2.45, 2.75) is 6.54 Å². The van der Waals surface area contributed by atoms with Crippen molar-refractivity contribution >= 4 is 28.0 Å². The van der Waals surface area contributed by atoms with Gasteiger partial charge in [0.15, 0.2) is 0 Å². The molecule has 0 atom stereocenters. The normalized spacial score (nSPS) is 14.0. The lowest BCUT2D eigenvalue weighted by Gasteiger charge is -2.19. The number of aryl methyl sites for hydroxylation is 1. The van der Waals surface area contributed by atoms with E-state index in [1.165, 1.54) is 27.7 Å². The number of hydrogen-bond donors (Lipinski definition) is 1. The summed E-state index contributed by atoms with van der Waals surface area (Å²) in [6, 6.07) is 14.7. The lowest BCUT2D eigenvalue weighted by atomic mass is 10.1. The van der Waals surface area contributed by atoms with Gasteiger partial charge in [-0.1, -0.05) is 12.6 Å². The SMILES string of the molecule is C=C1c2ccc(N)cc2CN1c1ccc2c(ccn2C)c1. The average molecular weight is 275 g/mol. The molecule has 0 fully saturated rings. The first-order chi connectivity index (χ1) is 10.1. The van der Waals surface area contributed by atoms with Gasteiger partial charge >= 0.3 is 0 Å². The molecule has 2 heterocycles. The minimum absolute atomic E-state index is 0.807. The molecule has 104 valence electrons. The van der Waals surface area contributed by atoms with Crippen LogP contribution in [-0.2, 0) is 13.6 Å². The monoisotopic (exact) mass is 275 g/mol. The molecule has 0 amide bonds. The Labute approximate surface area is 123 Å². The van der Waals surface area contributed by atoms with Crippen LogP contribution in [-0.4, -0.2) is 4.57 Å². The van der Waals surface area contributed by atoms with Gasteiger partial charge in [0.05, 0.1) is 0 Å². The highest BCUT2D eigenvalue weighted by Gasteiger charge is 2.23. The Kier molecular flexibility index (Phi) is 2.39. The Bertz CT molecular complexity index is 873. The van der Waals surface area contributed by atoms with Gasteiger partial charge in [-0.25, -0.2) is 0 Å². The van der Waals surface area contributed by atoms with Gasteiger partial charge in [-0.05, 0) is 42.0 Å². The average Bonchev–Trinajstić information content (AvgIpc) is 3.00. The van der Waals surface area contributed by atoms with E-state index in [1.54, 1.807) is 0 Å². The third-order valence-corrected chi connectivity index (χ3v) is 4.27. The molecule has 0 spiro atoms. The topological polar surface area (TPSA) is 34.2 Å². The zero-order chi connectivity index (χ0) is 14.6. The Morgan fingerprint density at radius 3 is 2.81 bits per heavy atom. The molecule has 0 unspecified atom stereocenters. The van der Waals surface area contributed by atoms with E-state index in [0.717, 1.165) is 17.9 Å². The Morgan fingerprint density at radius 2 is 1.95 bits per heavy atom. The Balaban J connectivity index is 1.78. The summed E-state index contributed by atoms with van der Waals surface area (Å²) in [6.45, 7) is 5.08. The summed E-state index contributed by atoms with van der Waals surface area (Å²) in [7, 11) is 2.06. The predicted octanol–water partition coefficient (Wildman–Crippen LogP) is 3.75. The number of aromatic nitrogens is 1. The number of benzene rings is 2. The van der Waals surface area contributed by atoms with Crippen molar-refractivity contribution in [2.75, 3.05) is 10.6 Å². The first kappa shape index (κ1) is 12.1. The number of fused-ring (bicyclic) bond motifs is 2. The molecule has 3 heteroatoms. The number of hydrogen-bond acceptors (Lipinski definition) is 2. The zero-order valence-electron chi connectivity index (χ0n) is 12.0. The van der Waals surface area contributed by atoms with Gasteiger partial charge < -0.3 is 15.2 Å². The van der Waals surface area contributed by atoms with E-state index < -0.39 is 0 Å². The minimum atomic E-state index is 0.807. The van der Waals surface area contributed by atoms with E-state index >= 15 is 0 Å². The van der Waals surface area contributed by atoms with E-state index in [-0.39, 0.29) is 0 Å².